The molecular formula is C41H48ClF6N9O5S. The number of anilines is 2. The van der Waals surface area contributed by atoms with E-state index in [1.807, 2.05) is 4.90 Å². The van der Waals surface area contributed by atoms with Crippen molar-refractivity contribution in [3.63, 3.8) is 0 Å². The highest BCUT2D eigenvalue weighted by Gasteiger charge is 2.54. The SMILES string of the molecule is Cl.Cn1nc(C2CCC(=O)NC2=O)c2cccc(NC(=O)CN3CCN(CCOC4CCC(N5[C@@H](S)N(c6ccc(C#N)c(C(F)(F)F)c6)C(=O)C5(C)C)CC4)C[C@@H]3C(F)(F)F)c21. The van der Waals surface area contributed by atoms with Crippen LogP contribution in [0.4, 0.5) is 37.7 Å². The van der Waals surface area contributed by atoms with E-state index in [2.05, 4.69) is 15.7 Å². The molecule has 3 aromatic rings. The van der Waals surface area contributed by atoms with E-state index in [9.17, 15) is 50.8 Å². The summed E-state index contributed by atoms with van der Waals surface area (Å²) in [4.78, 5) is 57.1. The second-order valence-corrected chi connectivity index (χ2v) is 17.2. The number of rotatable bonds is 10. The molecule has 2 aromatic carbocycles. The Balaban J connectivity index is 0.00000661. The van der Waals surface area contributed by atoms with Gasteiger partial charge in [0, 0.05) is 56.8 Å². The van der Waals surface area contributed by atoms with Crippen molar-refractivity contribution in [2.75, 3.05) is 49.5 Å². The predicted molar refractivity (Wildman–Crippen MR) is 224 cm³/mol. The number of piperidine rings is 1. The zero-order valence-corrected chi connectivity index (χ0v) is 36.3. The molecule has 0 radical (unpaired) electrons. The number of aromatic nitrogens is 2. The molecule has 3 saturated heterocycles. The third-order valence-corrected chi connectivity index (χ3v) is 12.9. The van der Waals surface area contributed by atoms with Crippen LogP contribution in [0.2, 0.25) is 0 Å². The van der Waals surface area contributed by atoms with Crippen LogP contribution in [0.25, 0.3) is 10.9 Å². The van der Waals surface area contributed by atoms with Crippen LogP contribution in [-0.4, -0.2) is 123 Å². The fourth-order valence-corrected chi connectivity index (χ4v) is 10.0. The number of halogens is 7. The Morgan fingerprint density at radius 2 is 1.76 bits per heavy atom. The standard InChI is InChI=1S/C41H47F6N9O5S.ClH/c1-39(2)37(60)55(25-8-7-23(20-48)29(19-25)40(42,43)44)38(62)56(39)24-9-11-26(12-10-24)61-18-17-53-15-16-54(31(21-53)41(45,46)47)22-33(58)49-30-6-4-5-27-34(51-52(3)35(27)30)28-13-14-32(57)50-36(28)59;/h4-8,19,24,26,28,31,38,62H,9-18,21-22H2,1-3H3,(H,49,58)(H,50,57,59);1H/t24?,26?,28?,31-,38+;/m1./s1. The van der Waals surface area contributed by atoms with E-state index in [4.69, 9.17) is 17.4 Å². The van der Waals surface area contributed by atoms with Crippen LogP contribution in [0, 0.1) is 11.3 Å². The van der Waals surface area contributed by atoms with Crippen LogP contribution in [0.15, 0.2) is 36.4 Å². The highest BCUT2D eigenvalue weighted by molar-refractivity contribution is 7.81. The number of fused-ring (bicyclic) bond motifs is 1. The lowest BCUT2D eigenvalue weighted by molar-refractivity contribution is -0.197. The third-order valence-electron chi connectivity index (χ3n) is 12.4. The van der Waals surface area contributed by atoms with Crippen molar-refractivity contribution in [3.8, 4) is 6.07 Å². The van der Waals surface area contributed by atoms with E-state index in [0.717, 1.165) is 17.0 Å². The maximum atomic E-state index is 14.5. The van der Waals surface area contributed by atoms with Gasteiger partial charge in [-0.1, -0.05) is 12.1 Å². The monoisotopic (exact) mass is 927 g/mol. The number of hydrogen-bond donors (Lipinski definition) is 3. The molecule has 1 aliphatic carbocycles. The molecule has 342 valence electrons. The summed E-state index contributed by atoms with van der Waals surface area (Å²) >= 11 is 4.70. The molecule has 3 aliphatic heterocycles. The van der Waals surface area contributed by atoms with Crippen LogP contribution in [0.5, 0.6) is 0 Å². The minimum absolute atomic E-state index is 0. The number of benzene rings is 2. The summed E-state index contributed by atoms with van der Waals surface area (Å²) in [6, 6.07) is 7.63. The van der Waals surface area contributed by atoms with Crippen molar-refractivity contribution in [1.82, 2.24) is 29.8 Å². The van der Waals surface area contributed by atoms with Gasteiger partial charge in [0.05, 0.1) is 64.8 Å². The number of ether oxygens (including phenoxy) is 1. The summed E-state index contributed by atoms with van der Waals surface area (Å²) < 4.78 is 92.3. The van der Waals surface area contributed by atoms with Crippen LogP contribution in [-0.2, 0) is 37.1 Å². The molecular weight excluding hydrogens is 880 g/mol. The van der Waals surface area contributed by atoms with Crippen molar-refractivity contribution in [1.29, 1.82) is 5.26 Å². The third kappa shape index (κ3) is 9.81. The van der Waals surface area contributed by atoms with E-state index in [1.165, 1.54) is 15.6 Å². The van der Waals surface area contributed by atoms with Gasteiger partial charge in [-0.2, -0.15) is 36.7 Å². The van der Waals surface area contributed by atoms with Gasteiger partial charge < -0.3 is 10.1 Å². The van der Waals surface area contributed by atoms with Crippen molar-refractivity contribution in [2.24, 2.45) is 7.05 Å². The number of imide groups is 1. The first-order valence-corrected chi connectivity index (χ1v) is 20.9. The lowest BCUT2D eigenvalue weighted by Gasteiger charge is -2.42. The van der Waals surface area contributed by atoms with Crippen molar-refractivity contribution >= 4 is 70.9 Å². The molecule has 4 aliphatic rings. The first kappa shape index (κ1) is 48.0. The molecule has 63 heavy (non-hydrogen) atoms. The van der Waals surface area contributed by atoms with Gasteiger partial charge in [0.2, 0.25) is 23.6 Å². The summed E-state index contributed by atoms with van der Waals surface area (Å²) in [6.45, 7) is 3.17. The largest absolute Gasteiger partial charge is 0.417 e. The van der Waals surface area contributed by atoms with Crippen molar-refractivity contribution in [2.45, 2.75) is 99.9 Å². The quantitative estimate of drug-likeness (QED) is 0.134. The van der Waals surface area contributed by atoms with Crippen LogP contribution >= 0.6 is 25.0 Å². The number of nitrogens with zero attached hydrogens (tertiary/aromatic N) is 7. The highest BCUT2D eigenvalue weighted by Crippen LogP contribution is 2.43. The molecule has 1 saturated carbocycles. The lowest BCUT2D eigenvalue weighted by Crippen LogP contribution is -2.60. The molecule has 1 unspecified atom stereocenters. The Morgan fingerprint density at radius 1 is 1.05 bits per heavy atom. The predicted octanol–water partition coefficient (Wildman–Crippen LogP) is 5.56. The second-order valence-electron chi connectivity index (χ2n) is 16.7. The summed E-state index contributed by atoms with van der Waals surface area (Å²) in [7, 11) is 1.63. The summed E-state index contributed by atoms with van der Waals surface area (Å²) in [5, 5.41) is 19.4. The van der Waals surface area contributed by atoms with Crippen LogP contribution in [0.3, 0.4) is 0 Å². The number of carbonyl (C=O) groups excluding carboxylic acids is 4. The van der Waals surface area contributed by atoms with Gasteiger partial charge >= 0.3 is 12.4 Å². The fraction of sp³-hybridized carbons (Fsp3) is 0.561. The number of aryl methyl sites for hydroxylation is 1. The normalized spacial score (nSPS) is 25.2. The maximum Gasteiger partial charge on any atom is 0.417 e. The van der Waals surface area contributed by atoms with Gasteiger partial charge in [0.25, 0.3) is 0 Å². The number of para-hydroxylation sites is 1. The summed E-state index contributed by atoms with van der Waals surface area (Å²) in [5.74, 6) is -2.59. The summed E-state index contributed by atoms with van der Waals surface area (Å²) in [5.41, 5.74) is -2.44. The number of carbonyl (C=O) groups is 4. The average molecular weight is 928 g/mol. The molecule has 4 fully saturated rings. The number of hydrogen-bond acceptors (Lipinski definition) is 11. The Kier molecular flexibility index (Phi) is 14.1. The number of thiol groups is 1. The van der Waals surface area contributed by atoms with Gasteiger partial charge in [0.15, 0.2) is 0 Å². The number of amides is 4. The number of piperazine rings is 1. The van der Waals surface area contributed by atoms with Crippen molar-refractivity contribution in [3.05, 3.63) is 53.2 Å². The lowest BCUT2D eigenvalue weighted by atomic mass is 9.89. The van der Waals surface area contributed by atoms with Gasteiger partial charge in [-0.25, -0.2) is 0 Å². The highest BCUT2D eigenvalue weighted by atomic mass is 35.5. The molecule has 14 nitrogen and oxygen atoms in total. The Hall–Kier alpha value is -4.46. The van der Waals surface area contributed by atoms with Gasteiger partial charge in [-0.15, -0.1) is 25.0 Å². The maximum absolute atomic E-state index is 14.5. The minimum Gasteiger partial charge on any atom is -0.377 e. The molecule has 4 amide bonds. The van der Waals surface area contributed by atoms with E-state index in [0.29, 0.717) is 48.0 Å². The average Bonchev–Trinajstić information content (AvgIpc) is 3.63. The van der Waals surface area contributed by atoms with Gasteiger partial charge in [-0.05, 0) is 70.2 Å². The van der Waals surface area contributed by atoms with Crippen LogP contribution in [0.1, 0.15) is 75.1 Å². The molecule has 1 aromatic heterocycles. The molecule has 4 heterocycles. The van der Waals surface area contributed by atoms with E-state index in [1.54, 1.807) is 50.1 Å². The van der Waals surface area contributed by atoms with E-state index in [-0.39, 0.29) is 81.8 Å². The van der Waals surface area contributed by atoms with E-state index >= 15 is 0 Å². The zero-order chi connectivity index (χ0) is 44.9. The smallest absolute Gasteiger partial charge is 0.377 e. The van der Waals surface area contributed by atoms with Crippen LogP contribution < -0.4 is 15.5 Å². The second kappa shape index (κ2) is 18.6. The topological polar surface area (TPSA) is 156 Å². The zero-order valence-electron chi connectivity index (χ0n) is 34.6. The molecule has 0 spiro atoms. The molecule has 3 atom stereocenters. The minimum atomic E-state index is -4.80. The summed E-state index contributed by atoms with van der Waals surface area (Å²) in [6.07, 6.45) is -6.85. The molecule has 7 rings (SSSR count). The van der Waals surface area contributed by atoms with Gasteiger partial charge in [0.1, 0.15) is 11.5 Å². The Labute approximate surface area is 371 Å². The first-order chi connectivity index (χ1) is 29.2. The first-order valence-electron chi connectivity index (χ1n) is 20.3. The molecule has 2 N–H and O–H groups in total. The number of alkyl halides is 6. The van der Waals surface area contributed by atoms with E-state index < -0.39 is 70.7 Å². The molecule has 0 bridgehead atoms. The number of nitrogens with one attached hydrogen (secondary N) is 2. The number of nitriles is 1. The van der Waals surface area contributed by atoms with Gasteiger partial charge in [-0.3, -0.25) is 48.8 Å². The fourth-order valence-electron chi connectivity index (χ4n) is 9.30. The Morgan fingerprint density at radius 3 is 2.41 bits per heavy atom. The molecule has 22 heteroatoms. The van der Waals surface area contributed by atoms with Crippen molar-refractivity contribution < 1.29 is 50.3 Å². The Bertz CT molecular complexity index is 2280.